The van der Waals surface area contributed by atoms with Crippen LogP contribution in [-0.4, -0.2) is 28.6 Å². The second kappa shape index (κ2) is 6.74. The van der Waals surface area contributed by atoms with Crippen LogP contribution in [0.1, 0.15) is 30.1 Å². The molecule has 2 aromatic rings. The summed E-state index contributed by atoms with van der Waals surface area (Å²) in [5.41, 5.74) is 1.52. The molecule has 108 valence electrons. The number of carbonyl (C=O) groups is 1. The average Bonchev–Trinajstić information content (AvgIpc) is 2.81. The maximum Gasteiger partial charge on any atom is 0.253 e. The fraction of sp³-hybridized carbons (Fsp3) is 0.357. The number of aliphatic hydroxyl groups is 1. The molecule has 1 amide bonds. The first-order chi connectivity index (χ1) is 9.56. The van der Waals surface area contributed by atoms with Crippen molar-refractivity contribution in [2.24, 2.45) is 0 Å². The van der Waals surface area contributed by atoms with Gasteiger partial charge in [0.15, 0.2) is 0 Å². The van der Waals surface area contributed by atoms with Crippen LogP contribution >= 0.6 is 31.9 Å². The average molecular weight is 404 g/mol. The SMILES string of the molecule is CCC(CCO)NC(=O)c1c[nH]c2cc(Br)c(Br)cc12. The topological polar surface area (TPSA) is 65.1 Å². The number of benzene rings is 1. The van der Waals surface area contributed by atoms with Gasteiger partial charge in [0, 0.05) is 38.7 Å². The van der Waals surface area contributed by atoms with E-state index in [1.165, 1.54) is 0 Å². The summed E-state index contributed by atoms with van der Waals surface area (Å²) in [4.78, 5) is 15.4. The lowest BCUT2D eigenvalue weighted by Gasteiger charge is -2.15. The van der Waals surface area contributed by atoms with Crippen LogP contribution in [0.5, 0.6) is 0 Å². The normalized spacial score (nSPS) is 12.6. The monoisotopic (exact) mass is 402 g/mol. The number of fused-ring (bicyclic) bond motifs is 1. The number of aliphatic hydroxyl groups excluding tert-OH is 1. The van der Waals surface area contributed by atoms with Gasteiger partial charge >= 0.3 is 0 Å². The van der Waals surface area contributed by atoms with E-state index in [-0.39, 0.29) is 18.6 Å². The summed E-state index contributed by atoms with van der Waals surface area (Å²) < 4.78 is 1.84. The molecule has 6 heteroatoms. The molecule has 1 unspecified atom stereocenters. The van der Waals surface area contributed by atoms with Gasteiger partial charge in [0.05, 0.1) is 5.56 Å². The van der Waals surface area contributed by atoms with Crippen molar-refractivity contribution in [2.75, 3.05) is 6.61 Å². The van der Waals surface area contributed by atoms with Crippen molar-refractivity contribution in [3.8, 4) is 0 Å². The third kappa shape index (κ3) is 3.24. The predicted molar refractivity (Wildman–Crippen MR) is 86.9 cm³/mol. The lowest BCUT2D eigenvalue weighted by atomic mass is 10.1. The fourth-order valence-corrected chi connectivity index (χ4v) is 2.79. The molecule has 0 saturated carbocycles. The Hall–Kier alpha value is -0.850. The number of aromatic nitrogens is 1. The first kappa shape index (κ1) is 15.5. The first-order valence-corrected chi connectivity index (χ1v) is 8.03. The highest BCUT2D eigenvalue weighted by Crippen LogP contribution is 2.30. The van der Waals surface area contributed by atoms with Crippen molar-refractivity contribution < 1.29 is 9.90 Å². The van der Waals surface area contributed by atoms with E-state index in [4.69, 9.17) is 5.11 Å². The van der Waals surface area contributed by atoms with E-state index in [0.29, 0.717) is 12.0 Å². The summed E-state index contributed by atoms with van der Waals surface area (Å²) in [5, 5.41) is 12.8. The number of halogens is 2. The van der Waals surface area contributed by atoms with Crippen LogP contribution in [0.3, 0.4) is 0 Å². The summed E-state index contributed by atoms with van der Waals surface area (Å²) in [6, 6.07) is 3.84. The quantitative estimate of drug-likeness (QED) is 0.714. The minimum Gasteiger partial charge on any atom is -0.396 e. The molecule has 0 saturated heterocycles. The number of hydrogen-bond donors (Lipinski definition) is 3. The van der Waals surface area contributed by atoms with Crippen molar-refractivity contribution in [1.82, 2.24) is 10.3 Å². The number of hydrogen-bond acceptors (Lipinski definition) is 2. The van der Waals surface area contributed by atoms with E-state index in [1.807, 2.05) is 19.1 Å². The summed E-state index contributed by atoms with van der Waals surface area (Å²) >= 11 is 6.89. The highest BCUT2D eigenvalue weighted by molar-refractivity contribution is 9.13. The molecule has 0 aliphatic heterocycles. The Morgan fingerprint density at radius 3 is 2.75 bits per heavy atom. The lowest BCUT2D eigenvalue weighted by Crippen LogP contribution is -2.34. The second-order valence-corrected chi connectivity index (χ2v) is 6.31. The Morgan fingerprint density at radius 1 is 1.40 bits per heavy atom. The van der Waals surface area contributed by atoms with Crippen LogP contribution in [0, 0.1) is 0 Å². The number of carbonyl (C=O) groups excluding carboxylic acids is 1. The van der Waals surface area contributed by atoms with Gasteiger partial charge in [0.25, 0.3) is 5.91 Å². The molecule has 0 aliphatic rings. The maximum atomic E-state index is 12.3. The fourth-order valence-electron chi connectivity index (χ4n) is 2.10. The molecule has 1 atom stereocenters. The number of nitrogens with one attached hydrogen (secondary N) is 2. The Kier molecular flexibility index (Phi) is 5.23. The van der Waals surface area contributed by atoms with Gasteiger partial charge in [-0.2, -0.15) is 0 Å². The molecule has 1 aromatic heterocycles. The van der Waals surface area contributed by atoms with Crippen molar-refractivity contribution in [3.05, 3.63) is 32.8 Å². The van der Waals surface area contributed by atoms with E-state index in [9.17, 15) is 4.79 Å². The van der Waals surface area contributed by atoms with Crippen molar-refractivity contribution in [1.29, 1.82) is 0 Å². The van der Waals surface area contributed by atoms with Crippen LogP contribution in [0.15, 0.2) is 27.3 Å². The highest BCUT2D eigenvalue weighted by Gasteiger charge is 2.16. The van der Waals surface area contributed by atoms with E-state index in [1.54, 1.807) is 6.20 Å². The zero-order valence-electron chi connectivity index (χ0n) is 11.0. The van der Waals surface area contributed by atoms with Gasteiger partial charge in [-0.1, -0.05) is 6.92 Å². The summed E-state index contributed by atoms with van der Waals surface area (Å²) in [6.45, 7) is 2.06. The van der Waals surface area contributed by atoms with Crippen molar-refractivity contribution in [2.45, 2.75) is 25.8 Å². The molecule has 4 nitrogen and oxygen atoms in total. The molecular formula is C14H16Br2N2O2. The number of rotatable bonds is 5. The van der Waals surface area contributed by atoms with Gasteiger partial charge in [0.1, 0.15) is 0 Å². The third-order valence-electron chi connectivity index (χ3n) is 3.27. The lowest BCUT2D eigenvalue weighted by molar-refractivity contribution is 0.0931. The van der Waals surface area contributed by atoms with Gasteiger partial charge in [-0.25, -0.2) is 0 Å². The zero-order chi connectivity index (χ0) is 14.7. The van der Waals surface area contributed by atoms with Crippen LogP contribution in [0.2, 0.25) is 0 Å². The highest BCUT2D eigenvalue weighted by atomic mass is 79.9. The van der Waals surface area contributed by atoms with Crippen LogP contribution in [-0.2, 0) is 0 Å². The molecular weight excluding hydrogens is 388 g/mol. The Morgan fingerprint density at radius 2 is 2.10 bits per heavy atom. The summed E-state index contributed by atoms with van der Waals surface area (Å²) in [6.07, 6.45) is 3.08. The molecule has 0 bridgehead atoms. The molecule has 1 heterocycles. The predicted octanol–water partition coefficient (Wildman–Crippen LogP) is 3.58. The van der Waals surface area contributed by atoms with Gasteiger partial charge in [-0.15, -0.1) is 0 Å². The minimum absolute atomic E-state index is 0.00339. The van der Waals surface area contributed by atoms with Gasteiger partial charge in [0.2, 0.25) is 0 Å². The Labute approximate surface area is 134 Å². The molecule has 3 N–H and O–H groups in total. The van der Waals surface area contributed by atoms with Crippen LogP contribution < -0.4 is 5.32 Å². The number of aromatic amines is 1. The van der Waals surface area contributed by atoms with E-state index >= 15 is 0 Å². The van der Waals surface area contributed by atoms with Crippen LogP contribution in [0.4, 0.5) is 0 Å². The van der Waals surface area contributed by atoms with Crippen molar-refractivity contribution >= 4 is 48.7 Å². The molecule has 1 aromatic carbocycles. The zero-order valence-corrected chi connectivity index (χ0v) is 14.2. The van der Waals surface area contributed by atoms with E-state index < -0.39 is 0 Å². The molecule has 0 radical (unpaired) electrons. The Balaban J connectivity index is 2.28. The Bertz CT molecular complexity index is 625. The molecule has 0 fully saturated rings. The summed E-state index contributed by atoms with van der Waals surface area (Å²) in [7, 11) is 0. The maximum absolute atomic E-state index is 12.3. The number of H-pyrrole nitrogens is 1. The van der Waals surface area contributed by atoms with Gasteiger partial charge < -0.3 is 15.4 Å². The third-order valence-corrected chi connectivity index (χ3v) is 5.12. The molecule has 20 heavy (non-hydrogen) atoms. The van der Waals surface area contributed by atoms with Gasteiger partial charge in [-0.3, -0.25) is 4.79 Å². The summed E-state index contributed by atoms with van der Waals surface area (Å²) in [5.74, 6) is -0.120. The van der Waals surface area contributed by atoms with Gasteiger partial charge in [-0.05, 0) is 56.8 Å². The number of amides is 1. The van der Waals surface area contributed by atoms with E-state index in [0.717, 1.165) is 26.3 Å². The molecule has 0 aliphatic carbocycles. The first-order valence-electron chi connectivity index (χ1n) is 6.44. The van der Waals surface area contributed by atoms with Crippen LogP contribution in [0.25, 0.3) is 10.9 Å². The standard InChI is InChI=1S/C14H16Br2N2O2/c1-2-8(3-4-19)18-14(20)10-7-17-13-6-12(16)11(15)5-9(10)13/h5-8,17,19H,2-4H2,1H3,(H,18,20). The minimum atomic E-state index is -0.120. The molecule has 2 rings (SSSR count). The molecule has 0 spiro atoms. The van der Waals surface area contributed by atoms with E-state index in [2.05, 4.69) is 42.2 Å². The largest absolute Gasteiger partial charge is 0.396 e. The van der Waals surface area contributed by atoms with Crippen molar-refractivity contribution in [3.63, 3.8) is 0 Å². The second-order valence-electron chi connectivity index (χ2n) is 4.61. The smallest absolute Gasteiger partial charge is 0.253 e.